The fraction of sp³-hybridized carbons (Fsp3) is 0.364. The van der Waals surface area contributed by atoms with Crippen molar-refractivity contribution in [1.82, 2.24) is 4.90 Å². The normalized spacial score (nSPS) is 16.1. The van der Waals surface area contributed by atoms with E-state index in [0.29, 0.717) is 24.6 Å². The molecule has 29 heavy (non-hydrogen) atoms. The zero-order chi connectivity index (χ0) is 21.0. The minimum Gasteiger partial charge on any atom is -0.493 e. The largest absolute Gasteiger partial charge is 0.493 e. The van der Waals surface area contributed by atoms with E-state index >= 15 is 0 Å². The molecular formula is C22H26N2O4S. The SMILES string of the molecule is COc1cccc(CN(C)C(=O)C2CC(=O)N(c3ccc(SC)cc3)C2)c1OC. The van der Waals surface area contributed by atoms with Crippen LogP contribution in [0.4, 0.5) is 5.69 Å². The number of methoxy groups -OCH3 is 2. The second-order valence-electron chi connectivity index (χ2n) is 6.95. The van der Waals surface area contributed by atoms with Crippen molar-refractivity contribution in [3.63, 3.8) is 0 Å². The Morgan fingerprint density at radius 1 is 1.17 bits per heavy atom. The van der Waals surface area contributed by atoms with Gasteiger partial charge in [-0.1, -0.05) is 12.1 Å². The summed E-state index contributed by atoms with van der Waals surface area (Å²) in [5.74, 6) is 0.817. The van der Waals surface area contributed by atoms with Gasteiger partial charge in [0.15, 0.2) is 11.5 Å². The maximum Gasteiger partial charge on any atom is 0.228 e. The summed E-state index contributed by atoms with van der Waals surface area (Å²) in [7, 11) is 4.92. The van der Waals surface area contributed by atoms with Crippen LogP contribution in [0.15, 0.2) is 47.4 Å². The molecule has 6 nitrogen and oxygen atoms in total. The summed E-state index contributed by atoms with van der Waals surface area (Å²) in [4.78, 5) is 30.0. The summed E-state index contributed by atoms with van der Waals surface area (Å²) in [5, 5.41) is 0. The molecule has 0 spiro atoms. The van der Waals surface area contributed by atoms with Crippen LogP contribution < -0.4 is 14.4 Å². The van der Waals surface area contributed by atoms with Crippen LogP contribution in [-0.4, -0.2) is 50.8 Å². The molecule has 1 aliphatic heterocycles. The fourth-order valence-electron chi connectivity index (χ4n) is 3.61. The highest BCUT2D eigenvalue weighted by Gasteiger charge is 2.36. The summed E-state index contributed by atoms with van der Waals surface area (Å²) in [6.07, 6.45) is 2.24. The van der Waals surface area contributed by atoms with Gasteiger partial charge in [-0.2, -0.15) is 0 Å². The lowest BCUT2D eigenvalue weighted by molar-refractivity contribution is -0.135. The topological polar surface area (TPSA) is 59.1 Å². The van der Waals surface area contributed by atoms with Gasteiger partial charge in [-0.15, -0.1) is 11.8 Å². The average Bonchev–Trinajstić information content (AvgIpc) is 3.14. The zero-order valence-corrected chi connectivity index (χ0v) is 18.0. The number of amides is 2. The Morgan fingerprint density at radius 2 is 1.90 bits per heavy atom. The van der Waals surface area contributed by atoms with Gasteiger partial charge in [-0.3, -0.25) is 9.59 Å². The van der Waals surface area contributed by atoms with Gasteiger partial charge in [0.25, 0.3) is 0 Å². The minimum absolute atomic E-state index is 0.0207. The number of thioether (sulfide) groups is 1. The minimum atomic E-state index is -0.357. The predicted octanol–water partition coefficient (Wildman–Crippen LogP) is 3.44. The molecule has 0 radical (unpaired) electrons. The van der Waals surface area contributed by atoms with E-state index in [9.17, 15) is 9.59 Å². The molecule has 1 atom stereocenters. The molecule has 7 heteroatoms. The van der Waals surface area contributed by atoms with Crippen LogP contribution in [0.3, 0.4) is 0 Å². The van der Waals surface area contributed by atoms with E-state index in [2.05, 4.69) is 0 Å². The molecule has 0 saturated carbocycles. The number of carbonyl (C=O) groups is 2. The third-order valence-corrected chi connectivity index (χ3v) is 5.87. The molecule has 1 aliphatic rings. The standard InChI is InChI=1S/C22H26N2O4S/c1-23(13-15-6-5-7-19(27-2)21(15)28-3)22(26)16-12-20(25)24(14-16)17-8-10-18(29-4)11-9-17/h5-11,16H,12-14H2,1-4H3. The summed E-state index contributed by atoms with van der Waals surface area (Å²) >= 11 is 1.65. The Labute approximate surface area is 175 Å². The summed E-state index contributed by atoms with van der Waals surface area (Å²) in [6.45, 7) is 0.780. The predicted molar refractivity (Wildman–Crippen MR) is 115 cm³/mol. The van der Waals surface area contributed by atoms with Gasteiger partial charge in [0.2, 0.25) is 11.8 Å². The van der Waals surface area contributed by atoms with Crippen LogP contribution >= 0.6 is 11.8 Å². The Balaban J connectivity index is 1.70. The Bertz CT molecular complexity index is 885. The van der Waals surface area contributed by atoms with E-state index < -0.39 is 0 Å². The van der Waals surface area contributed by atoms with Crippen molar-refractivity contribution in [2.45, 2.75) is 17.9 Å². The molecule has 1 unspecified atom stereocenters. The molecule has 1 saturated heterocycles. The molecule has 0 aromatic heterocycles. The van der Waals surface area contributed by atoms with Crippen LogP contribution in [0, 0.1) is 5.92 Å². The molecule has 0 N–H and O–H groups in total. The number of hydrogen-bond donors (Lipinski definition) is 0. The molecule has 2 aromatic rings. The number of rotatable bonds is 7. The first-order valence-electron chi connectivity index (χ1n) is 9.37. The number of anilines is 1. The number of para-hydroxylation sites is 1. The summed E-state index contributed by atoms with van der Waals surface area (Å²) < 4.78 is 10.8. The van der Waals surface area contributed by atoms with E-state index in [1.165, 1.54) is 0 Å². The van der Waals surface area contributed by atoms with Gasteiger partial charge in [-0.25, -0.2) is 0 Å². The van der Waals surface area contributed by atoms with Crippen molar-refractivity contribution in [2.24, 2.45) is 5.92 Å². The highest BCUT2D eigenvalue weighted by molar-refractivity contribution is 7.98. The van der Waals surface area contributed by atoms with Gasteiger partial charge in [0.05, 0.1) is 20.1 Å². The smallest absolute Gasteiger partial charge is 0.228 e. The lowest BCUT2D eigenvalue weighted by Gasteiger charge is -2.23. The monoisotopic (exact) mass is 414 g/mol. The number of nitrogens with zero attached hydrogens (tertiary/aromatic N) is 2. The third kappa shape index (κ3) is 4.50. The molecule has 1 fully saturated rings. The van der Waals surface area contributed by atoms with Crippen LogP contribution in [0.5, 0.6) is 11.5 Å². The van der Waals surface area contributed by atoms with Gasteiger partial charge in [-0.05, 0) is 36.6 Å². The molecule has 2 aromatic carbocycles. The molecule has 3 rings (SSSR count). The second kappa shape index (κ2) is 9.22. The summed E-state index contributed by atoms with van der Waals surface area (Å²) in [5.41, 5.74) is 1.69. The zero-order valence-electron chi connectivity index (χ0n) is 17.2. The highest BCUT2D eigenvalue weighted by Crippen LogP contribution is 2.32. The van der Waals surface area contributed by atoms with Crippen LogP contribution in [-0.2, 0) is 16.1 Å². The first-order chi connectivity index (χ1) is 14.0. The van der Waals surface area contributed by atoms with E-state index in [1.54, 1.807) is 42.8 Å². The van der Waals surface area contributed by atoms with Crippen LogP contribution in [0.25, 0.3) is 0 Å². The first-order valence-corrected chi connectivity index (χ1v) is 10.6. The van der Waals surface area contributed by atoms with E-state index in [1.807, 2.05) is 48.7 Å². The molecule has 1 heterocycles. The first kappa shape index (κ1) is 21.0. The number of benzene rings is 2. The van der Waals surface area contributed by atoms with E-state index in [0.717, 1.165) is 16.1 Å². The van der Waals surface area contributed by atoms with Crippen LogP contribution in [0.1, 0.15) is 12.0 Å². The van der Waals surface area contributed by atoms with Crippen molar-refractivity contribution in [2.75, 3.05) is 39.0 Å². The van der Waals surface area contributed by atoms with Crippen LogP contribution in [0.2, 0.25) is 0 Å². The number of hydrogen-bond acceptors (Lipinski definition) is 5. The van der Waals surface area contributed by atoms with Gasteiger partial charge in [0, 0.05) is 42.7 Å². The van der Waals surface area contributed by atoms with Gasteiger partial charge in [0.1, 0.15) is 0 Å². The van der Waals surface area contributed by atoms with Crippen molar-refractivity contribution in [3.8, 4) is 11.5 Å². The van der Waals surface area contributed by atoms with E-state index in [4.69, 9.17) is 9.47 Å². The third-order valence-electron chi connectivity index (χ3n) is 5.13. The highest BCUT2D eigenvalue weighted by atomic mass is 32.2. The average molecular weight is 415 g/mol. The number of ether oxygens (including phenoxy) is 2. The molecule has 0 aliphatic carbocycles. The maximum atomic E-state index is 13.0. The summed E-state index contributed by atoms with van der Waals surface area (Å²) in [6, 6.07) is 13.4. The van der Waals surface area contributed by atoms with Crippen molar-refractivity contribution in [3.05, 3.63) is 48.0 Å². The van der Waals surface area contributed by atoms with Crippen molar-refractivity contribution >= 4 is 29.3 Å². The Morgan fingerprint density at radius 3 is 2.52 bits per heavy atom. The van der Waals surface area contributed by atoms with Gasteiger partial charge >= 0.3 is 0 Å². The van der Waals surface area contributed by atoms with Crippen molar-refractivity contribution < 1.29 is 19.1 Å². The lowest BCUT2D eigenvalue weighted by atomic mass is 10.1. The molecule has 2 amide bonds. The number of carbonyl (C=O) groups excluding carboxylic acids is 2. The van der Waals surface area contributed by atoms with E-state index in [-0.39, 0.29) is 24.2 Å². The molecule has 154 valence electrons. The Hall–Kier alpha value is -2.67. The lowest BCUT2D eigenvalue weighted by Crippen LogP contribution is -2.34. The Kier molecular flexibility index (Phi) is 6.69. The fourth-order valence-corrected chi connectivity index (χ4v) is 4.02. The maximum absolute atomic E-state index is 13.0. The molecule has 0 bridgehead atoms. The van der Waals surface area contributed by atoms with Gasteiger partial charge < -0.3 is 19.3 Å². The molecular weight excluding hydrogens is 388 g/mol. The van der Waals surface area contributed by atoms with Crippen molar-refractivity contribution in [1.29, 1.82) is 0 Å². The quantitative estimate of drug-likeness (QED) is 0.650. The second-order valence-corrected chi connectivity index (χ2v) is 7.83.